The van der Waals surface area contributed by atoms with Gasteiger partial charge in [0.05, 0.1) is 0 Å². The zero-order valence-electron chi connectivity index (χ0n) is 36.6. The number of aryl methyl sites for hydroxylation is 8. The molecule has 0 radical (unpaired) electrons. The molecule has 0 aliphatic heterocycles. The summed E-state index contributed by atoms with van der Waals surface area (Å²) in [7, 11) is 0. The van der Waals surface area contributed by atoms with Crippen LogP contribution in [0, 0.1) is 88.5 Å². The van der Waals surface area contributed by atoms with Crippen LogP contribution in [0.4, 0.5) is 34.1 Å². The molecule has 0 amide bonds. The maximum Gasteiger partial charge on any atom is 0.0467 e. The standard InChI is InChI=1S/C48H52N2.C5H12/c1-29-21-45(22-30(2)37(29)9)49(46-23-31(3)38(10)32(4)24-46)43-17-13-41(14-18-43)42-15-19-44(20-16-42)50(47-25-33(5)39(11)34(6)26-47)48-27-35(7)40(12)36(8)28-48;1-5(2,3)4/h13-28H,1-12H3;1-4H3. The lowest BCUT2D eigenvalue weighted by Gasteiger charge is -2.28. The fourth-order valence-corrected chi connectivity index (χ4v) is 7.07. The molecule has 55 heavy (non-hydrogen) atoms. The van der Waals surface area contributed by atoms with E-state index >= 15 is 0 Å². The summed E-state index contributed by atoms with van der Waals surface area (Å²) < 4.78 is 0. The van der Waals surface area contributed by atoms with E-state index in [1.807, 2.05) is 0 Å². The van der Waals surface area contributed by atoms with Gasteiger partial charge < -0.3 is 9.80 Å². The van der Waals surface area contributed by atoms with E-state index in [1.165, 1.54) is 101 Å². The number of rotatable bonds is 7. The number of anilines is 6. The highest BCUT2D eigenvalue weighted by atomic mass is 15.1. The number of hydrogen-bond donors (Lipinski definition) is 0. The molecule has 286 valence electrons. The molecule has 0 bridgehead atoms. The van der Waals surface area contributed by atoms with E-state index in [1.54, 1.807) is 0 Å². The van der Waals surface area contributed by atoms with Crippen molar-refractivity contribution < 1.29 is 0 Å². The summed E-state index contributed by atoms with van der Waals surface area (Å²) in [5.41, 5.74) is 25.8. The third-order valence-corrected chi connectivity index (χ3v) is 11.3. The van der Waals surface area contributed by atoms with Crippen LogP contribution >= 0.6 is 0 Å². The molecule has 0 saturated carbocycles. The molecule has 0 aliphatic carbocycles. The second kappa shape index (κ2) is 16.3. The van der Waals surface area contributed by atoms with E-state index in [2.05, 4.69) is 218 Å². The van der Waals surface area contributed by atoms with E-state index in [0.717, 1.165) is 11.4 Å². The van der Waals surface area contributed by atoms with Gasteiger partial charge in [-0.1, -0.05) is 52.0 Å². The molecule has 6 aromatic rings. The smallest absolute Gasteiger partial charge is 0.0467 e. The topological polar surface area (TPSA) is 6.48 Å². The lowest BCUT2D eigenvalue weighted by Crippen LogP contribution is -2.12. The average Bonchev–Trinajstić information content (AvgIpc) is 3.11. The van der Waals surface area contributed by atoms with Crippen molar-refractivity contribution in [3.05, 3.63) is 164 Å². The molecule has 0 fully saturated rings. The Morgan fingerprint density at radius 2 is 0.436 bits per heavy atom. The first kappa shape index (κ1) is 41.1. The summed E-state index contributed by atoms with van der Waals surface area (Å²) in [5, 5.41) is 0. The first-order valence-electron chi connectivity index (χ1n) is 19.9. The SMILES string of the molecule is CC(C)(C)C.Cc1cc(N(c2ccc(-c3ccc(N(c4cc(C)c(C)c(C)c4)c4cc(C)c(C)c(C)c4)cc3)cc2)c2cc(C)c(C)c(C)c2)cc(C)c1C. The zero-order chi connectivity index (χ0) is 40.5. The summed E-state index contributed by atoms with van der Waals surface area (Å²) in [6, 6.07) is 36.6. The van der Waals surface area contributed by atoms with Crippen molar-refractivity contribution in [2.75, 3.05) is 9.80 Å². The molecule has 2 heteroatoms. The molecule has 0 unspecified atom stereocenters. The normalized spacial score (nSPS) is 11.3. The molecule has 0 saturated heterocycles. The second-order valence-electron chi connectivity index (χ2n) is 17.6. The molecule has 6 rings (SSSR count). The maximum atomic E-state index is 2.40. The van der Waals surface area contributed by atoms with E-state index < -0.39 is 0 Å². The van der Waals surface area contributed by atoms with E-state index in [4.69, 9.17) is 0 Å². The van der Waals surface area contributed by atoms with Crippen molar-refractivity contribution in [2.45, 2.75) is 111 Å². The predicted octanol–water partition coefficient (Wildman–Crippen LogP) is 16.0. The van der Waals surface area contributed by atoms with Crippen LogP contribution in [-0.4, -0.2) is 0 Å². The van der Waals surface area contributed by atoms with Crippen LogP contribution in [-0.2, 0) is 0 Å². The molecule has 0 atom stereocenters. The van der Waals surface area contributed by atoms with Gasteiger partial charge in [0.1, 0.15) is 0 Å². The molecule has 0 heterocycles. The summed E-state index contributed by atoms with van der Waals surface area (Å²) >= 11 is 0. The minimum Gasteiger partial charge on any atom is -0.310 e. The van der Waals surface area contributed by atoms with Crippen LogP contribution in [0.2, 0.25) is 0 Å². The summed E-state index contributed by atoms with van der Waals surface area (Å²) in [5.74, 6) is 0. The van der Waals surface area contributed by atoms with E-state index in [0.29, 0.717) is 5.41 Å². The molecule has 0 spiro atoms. The Hall–Kier alpha value is -5.08. The molecule has 0 N–H and O–H groups in total. The van der Waals surface area contributed by atoms with Crippen molar-refractivity contribution in [2.24, 2.45) is 5.41 Å². The van der Waals surface area contributed by atoms with Gasteiger partial charge in [0.15, 0.2) is 0 Å². The van der Waals surface area contributed by atoms with E-state index in [9.17, 15) is 0 Å². The van der Waals surface area contributed by atoms with Crippen LogP contribution in [0.15, 0.2) is 97.1 Å². The van der Waals surface area contributed by atoms with Crippen molar-refractivity contribution in [3.8, 4) is 11.1 Å². The van der Waals surface area contributed by atoms with Crippen molar-refractivity contribution in [1.29, 1.82) is 0 Å². The van der Waals surface area contributed by atoms with Crippen LogP contribution < -0.4 is 9.80 Å². The van der Waals surface area contributed by atoms with Gasteiger partial charge in [-0.15, -0.1) is 0 Å². The second-order valence-corrected chi connectivity index (χ2v) is 17.6. The molecular formula is C53H64N2. The third kappa shape index (κ3) is 9.42. The fourth-order valence-electron chi connectivity index (χ4n) is 7.07. The highest BCUT2D eigenvalue weighted by Gasteiger charge is 2.18. The van der Waals surface area contributed by atoms with Crippen molar-refractivity contribution in [1.82, 2.24) is 0 Å². The van der Waals surface area contributed by atoms with Gasteiger partial charge in [0.25, 0.3) is 0 Å². The first-order chi connectivity index (χ1) is 25.7. The highest BCUT2D eigenvalue weighted by molar-refractivity contribution is 5.82. The van der Waals surface area contributed by atoms with Crippen molar-refractivity contribution in [3.63, 3.8) is 0 Å². The molecule has 0 aliphatic rings. The molecule has 2 nitrogen and oxygen atoms in total. The fraction of sp³-hybridized carbons (Fsp3) is 0.321. The average molecular weight is 729 g/mol. The Bertz CT molecular complexity index is 1940. The zero-order valence-corrected chi connectivity index (χ0v) is 36.6. The van der Waals surface area contributed by atoms with Gasteiger partial charge in [0, 0.05) is 34.1 Å². The van der Waals surface area contributed by atoms with Crippen LogP contribution in [0.3, 0.4) is 0 Å². The van der Waals surface area contributed by atoms with Crippen LogP contribution in [0.1, 0.15) is 94.5 Å². The van der Waals surface area contributed by atoms with Gasteiger partial charge in [0.2, 0.25) is 0 Å². The third-order valence-electron chi connectivity index (χ3n) is 11.3. The van der Waals surface area contributed by atoms with Gasteiger partial charge in [-0.25, -0.2) is 0 Å². The first-order valence-corrected chi connectivity index (χ1v) is 19.9. The summed E-state index contributed by atoms with van der Waals surface area (Å²) in [6.07, 6.45) is 0. The van der Waals surface area contributed by atoms with Gasteiger partial charge in [-0.3, -0.25) is 0 Å². The summed E-state index contributed by atoms with van der Waals surface area (Å²) in [6.45, 7) is 35.3. The van der Waals surface area contributed by atoms with Gasteiger partial charge in [-0.2, -0.15) is 0 Å². The predicted molar refractivity (Wildman–Crippen MR) is 243 cm³/mol. The molecule has 0 aromatic heterocycles. The van der Waals surface area contributed by atoms with Crippen LogP contribution in [0.25, 0.3) is 11.1 Å². The number of hydrogen-bond acceptors (Lipinski definition) is 2. The Balaban J connectivity index is 0.00000109. The summed E-state index contributed by atoms with van der Waals surface area (Å²) in [4.78, 5) is 4.81. The Morgan fingerprint density at radius 1 is 0.273 bits per heavy atom. The minimum absolute atomic E-state index is 0.500. The Labute approximate surface area is 333 Å². The number of benzene rings is 6. The van der Waals surface area contributed by atoms with Gasteiger partial charge >= 0.3 is 0 Å². The maximum absolute atomic E-state index is 2.40. The lowest BCUT2D eigenvalue weighted by molar-refractivity contribution is 0.469. The Morgan fingerprint density at radius 3 is 0.600 bits per heavy atom. The van der Waals surface area contributed by atoms with Crippen LogP contribution in [0.5, 0.6) is 0 Å². The largest absolute Gasteiger partial charge is 0.310 e. The van der Waals surface area contributed by atoms with E-state index in [-0.39, 0.29) is 0 Å². The number of nitrogens with zero attached hydrogens (tertiary/aromatic N) is 2. The lowest BCUT2D eigenvalue weighted by atomic mass is 9.99. The monoisotopic (exact) mass is 729 g/mol. The Kier molecular flexibility index (Phi) is 12.2. The molecular weight excluding hydrogens is 665 g/mol. The molecule has 6 aromatic carbocycles. The van der Waals surface area contributed by atoms with Gasteiger partial charge in [-0.05, 0) is 239 Å². The minimum atomic E-state index is 0.500. The van der Waals surface area contributed by atoms with Crippen molar-refractivity contribution >= 4 is 34.1 Å². The highest BCUT2D eigenvalue weighted by Crippen LogP contribution is 2.41. The quantitative estimate of drug-likeness (QED) is 0.161.